The summed E-state index contributed by atoms with van der Waals surface area (Å²) in [4.78, 5) is 12.0. The van der Waals surface area contributed by atoms with Crippen LogP contribution in [0.25, 0.3) is 0 Å². The molecule has 0 aliphatic carbocycles. The molecule has 2 aromatic carbocycles. The molecule has 0 bridgehead atoms. The number of halogens is 1. The Morgan fingerprint density at radius 1 is 1.14 bits per heavy atom. The van der Waals surface area contributed by atoms with E-state index in [0.29, 0.717) is 6.54 Å². The first-order valence-electron chi connectivity index (χ1n) is 7.56. The van der Waals surface area contributed by atoms with Gasteiger partial charge in [0.05, 0.1) is 0 Å². The highest BCUT2D eigenvalue weighted by Crippen LogP contribution is 2.13. The molecule has 1 amide bonds. The first-order valence-corrected chi connectivity index (χ1v) is 7.94. The highest BCUT2D eigenvalue weighted by molar-refractivity contribution is 6.30. The van der Waals surface area contributed by atoms with E-state index in [2.05, 4.69) is 19.2 Å². The summed E-state index contributed by atoms with van der Waals surface area (Å²) in [7, 11) is 0. The largest absolute Gasteiger partial charge is 0.333 e. The Hall–Kier alpha value is -1.84. The van der Waals surface area contributed by atoms with Crippen LogP contribution in [0.3, 0.4) is 0 Å². The van der Waals surface area contributed by atoms with Crippen LogP contribution >= 0.6 is 11.6 Å². The summed E-state index contributed by atoms with van der Waals surface area (Å²) < 4.78 is 0. The summed E-state index contributed by atoms with van der Waals surface area (Å²) >= 11 is 5.88. The minimum Gasteiger partial charge on any atom is -0.333 e. The van der Waals surface area contributed by atoms with E-state index in [1.54, 1.807) is 0 Å². The van der Waals surface area contributed by atoms with Crippen molar-refractivity contribution in [2.24, 2.45) is 0 Å². The van der Waals surface area contributed by atoms with E-state index >= 15 is 0 Å². The van der Waals surface area contributed by atoms with Crippen molar-refractivity contribution in [1.29, 1.82) is 0 Å². The van der Waals surface area contributed by atoms with Gasteiger partial charge in [0, 0.05) is 16.3 Å². The summed E-state index contributed by atoms with van der Waals surface area (Å²) in [5.41, 5.74) is 3.26. The molecule has 0 saturated carbocycles. The van der Waals surface area contributed by atoms with Crippen molar-refractivity contribution in [2.45, 2.75) is 26.3 Å². The molecule has 3 nitrogen and oxygen atoms in total. The Balaban J connectivity index is 1.82. The quantitative estimate of drug-likeness (QED) is 0.844. The second-order valence-corrected chi connectivity index (χ2v) is 5.82. The van der Waals surface area contributed by atoms with E-state index in [4.69, 9.17) is 11.6 Å². The number of nitrogens with one attached hydrogen (secondary N) is 1. The minimum absolute atomic E-state index is 0.00469. The minimum atomic E-state index is 0.00469. The van der Waals surface area contributed by atoms with Gasteiger partial charge in [-0.2, -0.15) is 0 Å². The van der Waals surface area contributed by atoms with Crippen molar-refractivity contribution in [3.63, 3.8) is 0 Å². The lowest BCUT2D eigenvalue weighted by Gasteiger charge is -2.11. The lowest BCUT2D eigenvalue weighted by atomic mass is 10.1. The number of carbonyl (C=O) groups excluding carboxylic acids is 1. The molecule has 0 spiro atoms. The fraction of sp³-hybridized carbons (Fsp3) is 0.278. The first-order chi connectivity index (χ1) is 10.6. The second-order valence-electron chi connectivity index (χ2n) is 5.38. The van der Waals surface area contributed by atoms with Gasteiger partial charge in [-0.3, -0.25) is 4.79 Å². The average molecular weight is 318 g/mol. The standard InChI is InChI=1S/C18H21ClN2O/c1-3-14-4-10-17(11-5-14)21-18(22)12-20-13(2)15-6-8-16(19)9-7-15/h4-11,13,20H,3,12H2,1-2H3,(H,21,22)/p+1/t13-/m1/s1. The van der Waals surface area contributed by atoms with E-state index in [1.165, 1.54) is 5.56 Å². The van der Waals surface area contributed by atoms with Gasteiger partial charge in [0.15, 0.2) is 6.54 Å². The van der Waals surface area contributed by atoms with Gasteiger partial charge in [-0.25, -0.2) is 0 Å². The first kappa shape index (κ1) is 16.5. The van der Waals surface area contributed by atoms with Crippen LogP contribution in [0.2, 0.25) is 5.02 Å². The summed E-state index contributed by atoms with van der Waals surface area (Å²) in [5, 5.41) is 5.66. The molecule has 3 N–H and O–H groups in total. The Bertz CT molecular complexity index is 608. The molecule has 0 heterocycles. The van der Waals surface area contributed by atoms with Crippen molar-refractivity contribution in [3.8, 4) is 0 Å². The topological polar surface area (TPSA) is 45.7 Å². The molecule has 0 saturated heterocycles. The summed E-state index contributed by atoms with van der Waals surface area (Å²) in [6, 6.07) is 15.9. The van der Waals surface area contributed by atoms with Crippen LogP contribution < -0.4 is 10.6 Å². The lowest BCUT2D eigenvalue weighted by Crippen LogP contribution is -2.86. The number of benzene rings is 2. The molecule has 0 fully saturated rings. The van der Waals surface area contributed by atoms with Gasteiger partial charge in [0.1, 0.15) is 6.04 Å². The number of carbonyl (C=O) groups is 1. The van der Waals surface area contributed by atoms with Crippen molar-refractivity contribution in [2.75, 3.05) is 11.9 Å². The number of hydrogen-bond acceptors (Lipinski definition) is 1. The number of hydrogen-bond donors (Lipinski definition) is 2. The summed E-state index contributed by atoms with van der Waals surface area (Å²) in [6.07, 6.45) is 1.00. The number of nitrogens with two attached hydrogens (primary N) is 1. The third-order valence-corrected chi connectivity index (χ3v) is 3.95. The van der Waals surface area contributed by atoms with E-state index in [9.17, 15) is 4.79 Å². The number of anilines is 1. The van der Waals surface area contributed by atoms with Gasteiger partial charge < -0.3 is 10.6 Å². The van der Waals surface area contributed by atoms with Gasteiger partial charge >= 0.3 is 0 Å². The molecule has 0 aromatic heterocycles. The normalized spacial score (nSPS) is 12.0. The van der Waals surface area contributed by atoms with Crippen LogP contribution in [0.5, 0.6) is 0 Å². The third kappa shape index (κ3) is 4.86. The molecule has 0 radical (unpaired) electrons. The molecule has 116 valence electrons. The zero-order chi connectivity index (χ0) is 15.9. The van der Waals surface area contributed by atoms with E-state index in [-0.39, 0.29) is 11.9 Å². The molecule has 0 aliphatic rings. The van der Waals surface area contributed by atoms with Crippen LogP contribution in [0.15, 0.2) is 48.5 Å². The van der Waals surface area contributed by atoms with Crippen LogP contribution in [0.1, 0.15) is 31.0 Å². The van der Waals surface area contributed by atoms with Gasteiger partial charge in [-0.15, -0.1) is 0 Å². The number of aryl methyl sites for hydroxylation is 1. The van der Waals surface area contributed by atoms with Gasteiger partial charge in [0.2, 0.25) is 0 Å². The smallest absolute Gasteiger partial charge is 0.279 e. The van der Waals surface area contributed by atoms with Crippen LogP contribution in [-0.2, 0) is 11.2 Å². The zero-order valence-corrected chi connectivity index (χ0v) is 13.7. The van der Waals surface area contributed by atoms with Crippen molar-refractivity contribution in [3.05, 3.63) is 64.7 Å². The average Bonchev–Trinajstić information content (AvgIpc) is 2.54. The number of amides is 1. The second kappa shape index (κ2) is 7.97. The summed E-state index contributed by atoms with van der Waals surface area (Å²) in [5.74, 6) is 0.00469. The highest BCUT2D eigenvalue weighted by atomic mass is 35.5. The Labute approximate surface area is 136 Å². The fourth-order valence-corrected chi connectivity index (χ4v) is 2.35. The molecule has 0 aliphatic heterocycles. The predicted octanol–water partition coefficient (Wildman–Crippen LogP) is 3.17. The van der Waals surface area contributed by atoms with Crippen molar-refractivity contribution in [1.82, 2.24) is 0 Å². The van der Waals surface area contributed by atoms with Crippen LogP contribution in [0.4, 0.5) is 5.69 Å². The molecule has 4 heteroatoms. The third-order valence-electron chi connectivity index (χ3n) is 3.70. The molecule has 2 rings (SSSR count). The van der Waals surface area contributed by atoms with E-state index in [1.807, 2.05) is 53.8 Å². The highest BCUT2D eigenvalue weighted by Gasteiger charge is 2.11. The number of quaternary nitrogens is 1. The van der Waals surface area contributed by atoms with Crippen LogP contribution in [0, 0.1) is 0 Å². The molecule has 0 unspecified atom stereocenters. The van der Waals surface area contributed by atoms with E-state index < -0.39 is 0 Å². The lowest BCUT2D eigenvalue weighted by molar-refractivity contribution is -0.682. The maximum Gasteiger partial charge on any atom is 0.279 e. The number of rotatable bonds is 6. The fourth-order valence-electron chi connectivity index (χ4n) is 2.22. The van der Waals surface area contributed by atoms with E-state index in [0.717, 1.165) is 22.7 Å². The Morgan fingerprint density at radius 2 is 1.77 bits per heavy atom. The van der Waals surface area contributed by atoms with Gasteiger partial charge in [-0.05, 0) is 43.2 Å². The maximum atomic E-state index is 12.0. The van der Waals surface area contributed by atoms with Crippen LogP contribution in [-0.4, -0.2) is 12.5 Å². The Morgan fingerprint density at radius 3 is 2.36 bits per heavy atom. The molecule has 1 atom stereocenters. The molecular weight excluding hydrogens is 296 g/mol. The zero-order valence-electron chi connectivity index (χ0n) is 13.0. The monoisotopic (exact) mass is 317 g/mol. The Kier molecular flexibility index (Phi) is 5.99. The van der Waals surface area contributed by atoms with Crippen molar-refractivity contribution >= 4 is 23.2 Å². The summed E-state index contributed by atoms with van der Waals surface area (Å²) in [6.45, 7) is 4.58. The maximum absolute atomic E-state index is 12.0. The molecule has 22 heavy (non-hydrogen) atoms. The molecular formula is C18H22ClN2O+. The predicted molar refractivity (Wildman–Crippen MR) is 91.1 cm³/mol. The van der Waals surface area contributed by atoms with Gasteiger partial charge in [0.25, 0.3) is 5.91 Å². The molecule has 2 aromatic rings. The SMILES string of the molecule is CCc1ccc(NC(=O)C[NH2+][C@H](C)c2ccc(Cl)cc2)cc1. The van der Waals surface area contributed by atoms with Crippen molar-refractivity contribution < 1.29 is 10.1 Å². The van der Waals surface area contributed by atoms with Gasteiger partial charge in [-0.1, -0.05) is 42.8 Å².